The fourth-order valence-corrected chi connectivity index (χ4v) is 1.60. The Morgan fingerprint density at radius 2 is 2.21 bits per heavy atom. The number of aryl methyl sites for hydroxylation is 2. The molecule has 2 aromatic heterocycles. The van der Waals surface area contributed by atoms with E-state index in [9.17, 15) is 0 Å². The Bertz CT molecular complexity index is 458. The number of rotatable bonds is 2. The van der Waals surface area contributed by atoms with Gasteiger partial charge < -0.3 is 5.73 Å². The van der Waals surface area contributed by atoms with Crippen molar-refractivity contribution < 1.29 is 0 Å². The summed E-state index contributed by atoms with van der Waals surface area (Å²) in [6.45, 7) is 4.66. The van der Waals surface area contributed by atoms with Crippen LogP contribution in [0.3, 0.4) is 0 Å². The van der Waals surface area contributed by atoms with Crippen molar-refractivity contribution in [3.8, 4) is 0 Å². The molecule has 2 heterocycles. The summed E-state index contributed by atoms with van der Waals surface area (Å²) in [6, 6.07) is 1.97. The highest BCUT2D eigenvalue weighted by Gasteiger charge is 2.05. The minimum absolute atomic E-state index is 0.647. The predicted molar refractivity (Wildman–Crippen MR) is 55.2 cm³/mol. The molecule has 0 aliphatic heterocycles. The van der Waals surface area contributed by atoms with Gasteiger partial charge in [-0.25, -0.2) is 9.50 Å². The van der Waals surface area contributed by atoms with Crippen molar-refractivity contribution in [3.63, 3.8) is 0 Å². The quantitative estimate of drug-likeness (QED) is 0.763. The van der Waals surface area contributed by atoms with E-state index in [0.29, 0.717) is 6.54 Å². The van der Waals surface area contributed by atoms with Crippen LogP contribution < -0.4 is 5.73 Å². The molecule has 0 unspecified atom stereocenters. The van der Waals surface area contributed by atoms with Gasteiger partial charge in [0.25, 0.3) is 0 Å². The SMILES string of the molecule is Cc1cc2ncc(CCN)c(C)n2n1. The predicted octanol–water partition coefficient (Wildman–Crippen LogP) is 0.847. The normalized spacial score (nSPS) is 11.1. The van der Waals surface area contributed by atoms with Gasteiger partial charge in [-0.1, -0.05) is 0 Å². The lowest BCUT2D eigenvalue weighted by Gasteiger charge is -2.05. The highest BCUT2D eigenvalue weighted by Crippen LogP contribution is 2.10. The summed E-state index contributed by atoms with van der Waals surface area (Å²) in [7, 11) is 0. The van der Waals surface area contributed by atoms with Gasteiger partial charge in [0.1, 0.15) is 0 Å². The molecule has 0 aromatic carbocycles. The number of nitrogens with two attached hydrogens (primary N) is 1. The van der Waals surface area contributed by atoms with E-state index in [-0.39, 0.29) is 0 Å². The highest BCUT2D eigenvalue weighted by molar-refractivity contribution is 5.41. The Hall–Kier alpha value is -1.42. The molecule has 0 spiro atoms. The van der Waals surface area contributed by atoms with Crippen LogP contribution in [-0.2, 0) is 6.42 Å². The van der Waals surface area contributed by atoms with Crippen LogP contribution in [0.2, 0.25) is 0 Å². The second-order valence-electron chi connectivity index (χ2n) is 3.46. The minimum atomic E-state index is 0.647. The monoisotopic (exact) mass is 190 g/mol. The van der Waals surface area contributed by atoms with Crippen LogP contribution in [0.25, 0.3) is 5.65 Å². The topological polar surface area (TPSA) is 56.2 Å². The van der Waals surface area contributed by atoms with E-state index in [1.165, 1.54) is 5.56 Å². The molecule has 74 valence electrons. The molecule has 0 atom stereocenters. The molecule has 0 radical (unpaired) electrons. The molecule has 0 aliphatic rings. The van der Waals surface area contributed by atoms with Crippen molar-refractivity contribution in [2.45, 2.75) is 20.3 Å². The molecular weight excluding hydrogens is 176 g/mol. The van der Waals surface area contributed by atoms with Gasteiger partial charge in [0.05, 0.1) is 5.69 Å². The zero-order chi connectivity index (χ0) is 10.1. The number of aromatic nitrogens is 3. The number of fused-ring (bicyclic) bond motifs is 1. The maximum Gasteiger partial charge on any atom is 0.155 e. The molecule has 0 saturated heterocycles. The van der Waals surface area contributed by atoms with Gasteiger partial charge in [0.15, 0.2) is 5.65 Å². The van der Waals surface area contributed by atoms with Gasteiger partial charge in [-0.05, 0) is 32.4 Å². The molecule has 0 bridgehead atoms. The standard InChI is InChI=1S/C10H14N4/c1-7-5-10-12-6-9(3-4-11)8(2)14(10)13-7/h5-6H,3-4,11H2,1-2H3. The van der Waals surface area contributed by atoms with Crippen LogP contribution in [0.15, 0.2) is 12.3 Å². The van der Waals surface area contributed by atoms with Crippen molar-refractivity contribution in [2.24, 2.45) is 5.73 Å². The summed E-state index contributed by atoms with van der Waals surface area (Å²) in [4.78, 5) is 4.33. The van der Waals surface area contributed by atoms with Gasteiger partial charge >= 0.3 is 0 Å². The van der Waals surface area contributed by atoms with Gasteiger partial charge in [-0.2, -0.15) is 5.10 Å². The zero-order valence-corrected chi connectivity index (χ0v) is 8.49. The van der Waals surface area contributed by atoms with Gasteiger partial charge in [0, 0.05) is 18.0 Å². The first-order valence-corrected chi connectivity index (χ1v) is 4.73. The Balaban J connectivity index is 2.61. The van der Waals surface area contributed by atoms with E-state index in [0.717, 1.165) is 23.5 Å². The van der Waals surface area contributed by atoms with Crippen LogP contribution in [0.5, 0.6) is 0 Å². The van der Waals surface area contributed by atoms with E-state index >= 15 is 0 Å². The third-order valence-corrected chi connectivity index (χ3v) is 2.36. The number of nitrogens with zero attached hydrogens (tertiary/aromatic N) is 3. The summed E-state index contributed by atoms with van der Waals surface area (Å²) in [6.07, 6.45) is 2.74. The molecule has 2 rings (SSSR count). The summed E-state index contributed by atoms with van der Waals surface area (Å²) in [5, 5.41) is 4.37. The first-order valence-electron chi connectivity index (χ1n) is 4.73. The van der Waals surface area contributed by atoms with E-state index < -0.39 is 0 Å². The summed E-state index contributed by atoms with van der Waals surface area (Å²) in [5.74, 6) is 0. The van der Waals surface area contributed by atoms with E-state index in [4.69, 9.17) is 5.73 Å². The number of hydrogen-bond acceptors (Lipinski definition) is 3. The number of hydrogen-bond donors (Lipinski definition) is 1. The largest absolute Gasteiger partial charge is 0.330 e. The average molecular weight is 190 g/mol. The molecular formula is C10H14N4. The fourth-order valence-electron chi connectivity index (χ4n) is 1.60. The molecule has 0 saturated carbocycles. The van der Waals surface area contributed by atoms with Crippen LogP contribution in [-0.4, -0.2) is 21.1 Å². The molecule has 0 fully saturated rings. The maximum absolute atomic E-state index is 5.52. The van der Waals surface area contributed by atoms with Gasteiger partial charge in [-0.15, -0.1) is 0 Å². The van der Waals surface area contributed by atoms with Crippen molar-refractivity contribution in [1.29, 1.82) is 0 Å². The Morgan fingerprint density at radius 1 is 1.43 bits per heavy atom. The van der Waals surface area contributed by atoms with Crippen molar-refractivity contribution in [2.75, 3.05) is 6.54 Å². The third kappa shape index (κ3) is 1.37. The second-order valence-corrected chi connectivity index (χ2v) is 3.46. The molecule has 0 amide bonds. The minimum Gasteiger partial charge on any atom is -0.330 e. The summed E-state index contributed by atoms with van der Waals surface area (Å²) in [5.41, 5.74) is 9.72. The molecule has 4 heteroatoms. The van der Waals surface area contributed by atoms with Crippen LogP contribution in [0.1, 0.15) is 17.0 Å². The van der Waals surface area contributed by atoms with Gasteiger partial charge in [-0.3, -0.25) is 0 Å². The first-order chi connectivity index (χ1) is 6.72. The van der Waals surface area contributed by atoms with Gasteiger partial charge in [0.2, 0.25) is 0 Å². The van der Waals surface area contributed by atoms with Crippen LogP contribution >= 0.6 is 0 Å². The Labute approximate surface area is 82.8 Å². The highest BCUT2D eigenvalue weighted by atomic mass is 15.3. The zero-order valence-electron chi connectivity index (χ0n) is 8.49. The Morgan fingerprint density at radius 3 is 2.93 bits per heavy atom. The molecule has 0 aliphatic carbocycles. The lowest BCUT2D eigenvalue weighted by atomic mass is 10.2. The van der Waals surface area contributed by atoms with Crippen molar-refractivity contribution in [3.05, 3.63) is 29.2 Å². The van der Waals surface area contributed by atoms with Crippen molar-refractivity contribution >= 4 is 5.65 Å². The molecule has 4 nitrogen and oxygen atoms in total. The van der Waals surface area contributed by atoms with E-state index in [2.05, 4.69) is 10.1 Å². The fraction of sp³-hybridized carbons (Fsp3) is 0.400. The summed E-state index contributed by atoms with van der Waals surface area (Å²) < 4.78 is 1.88. The summed E-state index contributed by atoms with van der Waals surface area (Å²) >= 11 is 0. The second kappa shape index (κ2) is 3.38. The first kappa shape index (κ1) is 9.15. The lowest BCUT2D eigenvalue weighted by Crippen LogP contribution is -2.08. The van der Waals surface area contributed by atoms with E-state index in [1.807, 2.05) is 30.6 Å². The molecule has 2 aromatic rings. The molecule has 2 N–H and O–H groups in total. The third-order valence-electron chi connectivity index (χ3n) is 2.36. The Kier molecular flexibility index (Phi) is 2.21. The van der Waals surface area contributed by atoms with E-state index in [1.54, 1.807) is 0 Å². The lowest BCUT2D eigenvalue weighted by molar-refractivity contribution is 0.835. The average Bonchev–Trinajstić information content (AvgIpc) is 2.52. The molecule has 14 heavy (non-hydrogen) atoms. The smallest absolute Gasteiger partial charge is 0.155 e. The van der Waals surface area contributed by atoms with Crippen molar-refractivity contribution in [1.82, 2.24) is 14.6 Å². The maximum atomic E-state index is 5.52. The van der Waals surface area contributed by atoms with Crippen LogP contribution in [0.4, 0.5) is 0 Å². The van der Waals surface area contributed by atoms with Crippen LogP contribution in [0, 0.1) is 13.8 Å².